The van der Waals surface area contributed by atoms with Crippen LogP contribution in [0.15, 0.2) is 18.2 Å². The lowest BCUT2D eigenvalue weighted by Gasteiger charge is -2.33. The van der Waals surface area contributed by atoms with Crippen LogP contribution in [0.1, 0.15) is 25.3 Å². The molecule has 4 heteroatoms. The minimum absolute atomic E-state index is 0.162. The second kappa shape index (κ2) is 5.55. The minimum Gasteiger partial charge on any atom is -0.374 e. The fourth-order valence-corrected chi connectivity index (χ4v) is 2.72. The van der Waals surface area contributed by atoms with Crippen LogP contribution in [0.4, 0.5) is 4.39 Å². The van der Waals surface area contributed by atoms with Gasteiger partial charge in [-0.2, -0.15) is 0 Å². The van der Waals surface area contributed by atoms with Gasteiger partial charge in [-0.25, -0.2) is 4.39 Å². The van der Waals surface area contributed by atoms with Crippen LogP contribution in [-0.4, -0.2) is 25.3 Å². The Hall–Kier alpha value is -0.640. The van der Waals surface area contributed by atoms with Gasteiger partial charge in [0.1, 0.15) is 5.82 Å². The highest BCUT2D eigenvalue weighted by atomic mass is 35.5. The molecule has 1 aromatic rings. The summed E-state index contributed by atoms with van der Waals surface area (Å²) in [6, 6.07) is 5.16. The summed E-state index contributed by atoms with van der Waals surface area (Å²) >= 11 is 5.69. The normalized spacial score (nSPS) is 25.3. The zero-order valence-corrected chi connectivity index (χ0v) is 11.6. The molecule has 0 aromatic heterocycles. The summed E-state index contributed by atoms with van der Waals surface area (Å²) in [6.07, 6.45) is 2.86. The molecule has 2 nitrogen and oxygen atoms in total. The van der Waals surface area contributed by atoms with Gasteiger partial charge in [0.05, 0.1) is 10.6 Å². The third-order valence-corrected chi connectivity index (χ3v) is 4.07. The molecule has 0 saturated carbocycles. The molecule has 1 aromatic carbocycles. The zero-order chi connectivity index (χ0) is 13.2. The first kappa shape index (κ1) is 13.8. The van der Waals surface area contributed by atoms with Gasteiger partial charge < -0.3 is 10.1 Å². The first-order valence-corrected chi connectivity index (χ1v) is 6.68. The highest BCUT2D eigenvalue weighted by Gasteiger charge is 2.37. The second-order valence-corrected chi connectivity index (χ2v) is 5.47. The van der Waals surface area contributed by atoms with Crippen molar-refractivity contribution in [3.63, 3.8) is 0 Å². The van der Waals surface area contributed by atoms with Crippen molar-refractivity contribution in [2.24, 2.45) is 0 Å². The molecule has 2 unspecified atom stereocenters. The van der Waals surface area contributed by atoms with Crippen molar-refractivity contribution in [1.82, 2.24) is 5.32 Å². The molecule has 0 bridgehead atoms. The quantitative estimate of drug-likeness (QED) is 0.908. The summed E-state index contributed by atoms with van der Waals surface area (Å²) in [5.41, 5.74) is 0.776. The molecule has 2 atom stereocenters. The number of likely N-dealkylation sites (N-methyl/N-ethyl adjacent to an activating group) is 1. The van der Waals surface area contributed by atoms with E-state index in [2.05, 4.69) is 12.2 Å². The highest BCUT2D eigenvalue weighted by Crippen LogP contribution is 2.30. The van der Waals surface area contributed by atoms with E-state index in [0.29, 0.717) is 0 Å². The lowest BCUT2D eigenvalue weighted by Crippen LogP contribution is -2.48. The van der Waals surface area contributed by atoms with Crippen molar-refractivity contribution in [3.8, 4) is 0 Å². The van der Waals surface area contributed by atoms with E-state index in [9.17, 15) is 4.39 Å². The second-order valence-electron chi connectivity index (χ2n) is 5.06. The van der Waals surface area contributed by atoms with Crippen LogP contribution in [0.3, 0.4) is 0 Å². The smallest absolute Gasteiger partial charge is 0.142 e. The van der Waals surface area contributed by atoms with E-state index in [0.717, 1.165) is 31.4 Å². The third-order valence-electron chi connectivity index (χ3n) is 3.76. The molecule has 1 aliphatic rings. The topological polar surface area (TPSA) is 21.3 Å². The van der Waals surface area contributed by atoms with Gasteiger partial charge in [-0.1, -0.05) is 17.7 Å². The number of rotatable bonds is 4. The maximum absolute atomic E-state index is 13.4. The lowest BCUT2D eigenvalue weighted by molar-refractivity contribution is -0.00945. The number of halogens is 2. The number of hydrogen-bond donors (Lipinski definition) is 1. The van der Waals surface area contributed by atoms with Crippen LogP contribution < -0.4 is 5.32 Å². The summed E-state index contributed by atoms with van der Waals surface area (Å²) in [4.78, 5) is 0. The van der Waals surface area contributed by atoms with Crippen molar-refractivity contribution in [2.75, 3.05) is 13.7 Å². The van der Waals surface area contributed by atoms with Gasteiger partial charge in [-0.3, -0.25) is 0 Å². The molecule has 0 spiro atoms. The first-order chi connectivity index (χ1) is 8.55. The van der Waals surface area contributed by atoms with Crippen molar-refractivity contribution in [3.05, 3.63) is 34.6 Å². The van der Waals surface area contributed by atoms with Gasteiger partial charge in [0.15, 0.2) is 0 Å². The van der Waals surface area contributed by atoms with E-state index in [1.54, 1.807) is 6.07 Å². The van der Waals surface area contributed by atoms with Crippen LogP contribution in [0.25, 0.3) is 0 Å². The van der Waals surface area contributed by atoms with E-state index < -0.39 is 0 Å². The molecular weight excluding hydrogens is 253 g/mol. The van der Waals surface area contributed by atoms with Crippen LogP contribution in [0.2, 0.25) is 5.02 Å². The predicted octanol–water partition coefficient (Wildman–Crippen LogP) is 3.18. The van der Waals surface area contributed by atoms with E-state index in [1.807, 2.05) is 13.1 Å². The van der Waals surface area contributed by atoms with E-state index >= 15 is 0 Å². The van der Waals surface area contributed by atoms with Crippen molar-refractivity contribution in [2.45, 2.75) is 37.8 Å². The Labute approximate surface area is 112 Å². The van der Waals surface area contributed by atoms with E-state index in [-0.39, 0.29) is 22.5 Å². The molecule has 100 valence electrons. The van der Waals surface area contributed by atoms with Crippen molar-refractivity contribution >= 4 is 11.6 Å². The summed E-state index contributed by atoms with van der Waals surface area (Å²) in [5, 5.41) is 3.46. The molecule has 0 amide bonds. The van der Waals surface area contributed by atoms with Crippen molar-refractivity contribution in [1.29, 1.82) is 0 Å². The van der Waals surface area contributed by atoms with Crippen LogP contribution in [0.5, 0.6) is 0 Å². The Morgan fingerprint density at radius 1 is 1.56 bits per heavy atom. The Bertz CT molecular complexity index is 418. The van der Waals surface area contributed by atoms with E-state index in [4.69, 9.17) is 16.3 Å². The molecule has 1 heterocycles. The minimum atomic E-state index is -0.360. The van der Waals surface area contributed by atoms with Gasteiger partial charge in [0.25, 0.3) is 0 Å². The highest BCUT2D eigenvalue weighted by molar-refractivity contribution is 6.30. The Morgan fingerprint density at radius 2 is 2.33 bits per heavy atom. The average molecular weight is 272 g/mol. The molecule has 18 heavy (non-hydrogen) atoms. The Morgan fingerprint density at radius 3 is 2.89 bits per heavy atom. The molecule has 1 saturated heterocycles. The maximum atomic E-state index is 13.4. The molecule has 0 radical (unpaired) electrons. The Balaban J connectivity index is 2.12. The number of hydrogen-bond acceptors (Lipinski definition) is 2. The van der Waals surface area contributed by atoms with Gasteiger partial charge in [-0.05, 0) is 50.9 Å². The fourth-order valence-electron chi connectivity index (χ4n) is 2.60. The molecule has 2 rings (SSSR count). The summed E-state index contributed by atoms with van der Waals surface area (Å²) in [6.45, 7) is 2.93. The SMILES string of the molecule is CNC(Cc1ccc(Cl)c(F)c1)C1(C)CCCO1. The number of nitrogens with one attached hydrogen (secondary N) is 1. The molecule has 1 N–H and O–H groups in total. The predicted molar refractivity (Wildman–Crippen MR) is 71.6 cm³/mol. The third kappa shape index (κ3) is 2.85. The lowest BCUT2D eigenvalue weighted by atomic mass is 9.88. The number of benzene rings is 1. The van der Waals surface area contributed by atoms with Crippen LogP contribution >= 0.6 is 11.6 Å². The largest absolute Gasteiger partial charge is 0.374 e. The van der Waals surface area contributed by atoms with Crippen LogP contribution in [-0.2, 0) is 11.2 Å². The van der Waals surface area contributed by atoms with Gasteiger partial charge in [0, 0.05) is 12.6 Å². The van der Waals surface area contributed by atoms with Gasteiger partial charge in [-0.15, -0.1) is 0 Å². The summed E-state index contributed by atoms with van der Waals surface area (Å²) in [5.74, 6) is -0.360. The van der Waals surface area contributed by atoms with Crippen LogP contribution in [0, 0.1) is 5.82 Å². The molecule has 0 aliphatic carbocycles. The van der Waals surface area contributed by atoms with Gasteiger partial charge in [0.2, 0.25) is 0 Å². The van der Waals surface area contributed by atoms with Gasteiger partial charge >= 0.3 is 0 Å². The molecule has 1 aliphatic heterocycles. The number of ether oxygens (including phenoxy) is 1. The summed E-state index contributed by atoms with van der Waals surface area (Å²) in [7, 11) is 1.92. The monoisotopic (exact) mass is 271 g/mol. The maximum Gasteiger partial charge on any atom is 0.142 e. The summed E-state index contributed by atoms with van der Waals surface area (Å²) < 4.78 is 19.3. The standard InChI is InChI=1S/C14H19ClFNO/c1-14(6-3-7-18-14)13(17-2)9-10-4-5-11(15)12(16)8-10/h4-5,8,13,17H,3,6-7,9H2,1-2H3. The van der Waals surface area contributed by atoms with E-state index in [1.165, 1.54) is 6.07 Å². The fraction of sp³-hybridized carbons (Fsp3) is 0.571. The van der Waals surface area contributed by atoms with Crippen molar-refractivity contribution < 1.29 is 9.13 Å². The molecular formula is C14H19ClFNO. The first-order valence-electron chi connectivity index (χ1n) is 6.30. The Kier molecular flexibility index (Phi) is 4.25. The average Bonchev–Trinajstić information content (AvgIpc) is 2.78. The molecule has 1 fully saturated rings. The zero-order valence-electron chi connectivity index (χ0n) is 10.8.